The van der Waals surface area contributed by atoms with Gasteiger partial charge in [-0.1, -0.05) is 17.7 Å². The van der Waals surface area contributed by atoms with Crippen molar-refractivity contribution in [2.45, 2.75) is 6.92 Å². The van der Waals surface area contributed by atoms with Crippen LogP contribution in [0.2, 0.25) is 0 Å². The van der Waals surface area contributed by atoms with Crippen LogP contribution in [-0.2, 0) is 4.79 Å². The Labute approximate surface area is 150 Å². The molecule has 128 valence electrons. The molecule has 0 spiro atoms. The Morgan fingerprint density at radius 1 is 1.00 bits per heavy atom. The van der Waals surface area contributed by atoms with Crippen molar-refractivity contribution in [3.8, 4) is 11.5 Å². The summed E-state index contributed by atoms with van der Waals surface area (Å²) in [5.74, 6) is 0.889. The molecule has 0 atom stereocenters. The van der Waals surface area contributed by atoms with Gasteiger partial charge in [-0.3, -0.25) is 9.59 Å². The first-order valence-electron chi connectivity index (χ1n) is 7.60. The van der Waals surface area contributed by atoms with Crippen LogP contribution in [0.3, 0.4) is 0 Å². The van der Waals surface area contributed by atoms with Gasteiger partial charge in [0, 0.05) is 11.6 Å². The average molecular weight is 355 g/mol. The number of thioether (sulfide) groups is 1. The van der Waals surface area contributed by atoms with Gasteiger partial charge in [-0.15, -0.1) is 0 Å². The van der Waals surface area contributed by atoms with Gasteiger partial charge in [0.2, 0.25) is 0 Å². The molecular formula is C19H17NO4S. The summed E-state index contributed by atoms with van der Waals surface area (Å²) in [5.41, 5.74) is 2.34. The van der Waals surface area contributed by atoms with E-state index < -0.39 is 0 Å². The number of rotatable bonds is 4. The standard InChI is InChI=1S/C19H17NO4S/c1-12-4-7-14(8-5-12)20-18(21)17(25-19(20)22)10-13-6-9-15(23-2)11-16(13)24-3/h4-11H,1-3H3/b17-10-. The first-order chi connectivity index (χ1) is 12.0. The summed E-state index contributed by atoms with van der Waals surface area (Å²) in [5, 5.41) is -0.312. The van der Waals surface area contributed by atoms with E-state index in [2.05, 4.69) is 0 Å². The molecule has 5 nitrogen and oxygen atoms in total. The lowest BCUT2D eigenvalue weighted by Gasteiger charge is -2.12. The molecule has 0 aromatic heterocycles. The summed E-state index contributed by atoms with van der Waals surface area (Å²) >= 11 is 0.917. The average Bonchev–Trinajstić information content (AvgIpc) is 2.90. The Morgan fingerprint density at radius 2 is 1.72 bits per heavy atom. The number of hydrogen-bond acceptors (Lipinski definition) is 5. The van der Waals surface area contributed by atoms with Crippen LogP contribution >= 0.6 is 11.8 Å². The summed E-state index contributed by atoms with van der Waals surface area (Å²) in [6.45, 7) is 1.95. The summed E-state index contributed by atoms with van der Waals surface area (Å²) in [6, 6.07) is 12.6. The maximum atomic E-state index is 12.7. The number of imide groups is 1. The SMILES string of the molecule is COc1ccc(/C=C2\SC(=O)N(c3ccc(C)cc3)C2=O)c(OC)c1. The van der Waals surface area contributed by atoms with E-state index in [0.29, 0.717) is 27.7 Å². The second-order valence-corrected chi connectivity index (χ2v) is 6.45. The molecule has 0 aliphatic carbocycles. The molecule has 0 saturated carbocycles. The van der Waals surface area contributed by atoms with Crippen LogP contribution in [0.1, 0.15) is 11.1 Å². The summed E-state index contributed by atoms with van der Waals surface area (Å²) in [6.07, 6.45) is 1.66. The smallest absolute Gasteiger partial charge is 0.298 e. The Kier molecular flexibility index (Phi) is 4.81. The van der Waals surface area contributed by atoms with Gasteiger partial charge in [-0.2, -0.15) is 0 Å². The van der Waals surface area contributed by atoms with Gasteiger partial charge in [0.15, 0.2) is 0 Å². The molecule has 0 N–H and O–H groups in total. The molecule has 0 bridgehead atoms. The van der Waals surface area contributed by atoms with Crippen molar-refractivity contribution in [3.63, 3.8) is 0 Å². The largest absolute Gasteiger partial charge is 0.497 e. The van der Waals surface area contributed by atoms with Gasteiger partial charge in [0.1, 0.15) is 11.5 Å². The lowest BCUT2D eigenvalue weighted by atomic mass is 10.1. The molecule has 1 aliphatic rings. The topological polar surface area (TPSA) is 55.8 Å². The number of hydrogen-bond donors (Lipinski definition) is 0. The van der Waals surface area contributed by atoms with Gasteiger partial charge >= 0.3 is 0 Å². The van der Waals surface area contributed by atoms with E-state index in [0.717, 1.165) is 17.3 Å². The Morgan fingerprint density at radius 3 is 2.36 bits per heavy atom. The van der Waals surface area contributed by atoms with Crippen molar-refractivity contribution in [1.82, 2.24) is 0 Å². The highest BCUT2D eigenvalue weighted by Gasteiger charge is 2.36. The fourth-order valence-corrected chi connectivity index (χ4v) is 3.30. The molecule has 1 heterocycles. The zero-order valence-corrected chi connectivity index (χ0v) is 14.9. The predicted molar refractivity (Wildman–Crippen MR) is 99.2 cm³/mol. The number of aryl methyl sites for hydroxylation is 1. The lowest BCUT2D eigenvalue weighted by molar-refractivity contribution is -0.113. The molecule has 1 saturated heterocycles. The zero-order valence-electron chi connectivity index (χ0n) is 14.1. The number of anilines is 1. The van der Waals surface area contributed by atoms with Crippen molar-refractivity contribution in [3.05, 3.63) is 58.5 Å². The molecule has 6 heteroatoms. The molecule has 2 amide bonds. The van der Waals surface area contributed by atoms with Gasteiger partial charge in [-0.05, 0) is 49.0 Å². The molecule has 2 aromatic carbocycles. The quantitative estimate of drug-likeness (QED) is 0.767. The predicted octanol–water partition coefficient (Wildman–Crippen LogP) is 4.25. The second kappa shape index (κ2) is 7.03. The Hall–Kier alpha value is -2.73. The van der Waals surface area contributed by atoms with E-state index in [1.807, 2.05) is 19.1 Å². The van der Waals surface area contributed by atoms with Crippen molar-refractivity contribution in [1.29, 1.82) is 0 Å². The highest BCUT2D eigenvalue weighted by Crippen LogP contribution is 2.37. The number of ether oxygens (including phenoxy) is 2. The van der Waals surface area contributed by atoms with Crippen molar-refractivity contribution < 1.29 is 19.1 Å². The number of carbonyl (C=O) groups is 2. The number of benzene rings is 2. The van der Waals surface area contributed by atoms with Crippen LogP contribution in [0.5, 0.6) is 11.5 Å². The number of nitrogens with zero attached hydrogens (tertiary/aromatic N) is 1. The number of amides is 2. The van der Waals surface area contributed by atoms with E-state index >= 15 is 0 Å². The first kappa shape index (κ1) is 17.1. The fourth-order valence-electron chi connectivity index (χ4n) is 2.46. The molecule has 0 unspecified atom stereocenters. The van der Waals surface area contributed by atoms with Crippen LogP contribution in [0.25, 0.3) is 6.08 Å². The van der Waals surface area contributed by atoms with Gasteiger partial charge in [-0.25, -0.2) is 4.90 Å². The van der Waals surface area contributed by atoms with Crippen LogP contribution < -0.4 is 14.4 Å². The van der Waals surface area contributed by atoms with Crippen molar-refractivity contribution >= 4 is 34.7 Å². The fraction of sp³-hybridized carbons (Fsp3) is 0.158. The van der Waals surface area contributed by atoms with E-state index in [1.54, 1.807) is 50.6 Å². The number of methoxy groups -OCH3 is 2. The van der Waals surface area contributed by atoms with Crippen molar-refractivity contribution in [2.75, 3.05) is 19.1 Å². The maximum Gasteiger partial charge on any atom is 0.298 e. The third kappa shape index (κ3) is 3.39. The molecule has 0 radical (unpaired) electrons. The third-order valence-corrected chi connectivity index (χ3v) is 4.68. The van der Waals surface area contributed by atoms with Crippen LogP contribution in [0, 0.1) is 6.92 Å². The van der Waals surface area contributed by atoms with Crippen LogP contribution in [0.15, 0.2) is 47.4 Å². The maximum absolute atomic E-state index is 12.7. The highest BCUT2D eigenvalue weighted by molar-refractivity contribution is 8.19. The minimum Gasteiger partial charge on any atom is -0.497 e. The lowest BCUT2D eigenvalue weighted by Crippen LogP contribution is -2.27. The molecule has 3 rings (SSSR count). The summed E-state index contributed by atoms with van der Waals surface area (Å²) in [7, 11) is 3.12. The van der Waals surface area contributed by atoms with E-state index in [-0.39, 0.29) is 11.1 Å². The summed E-state index contributed by atoms with van der Waals surface area (Å²) < 4.78 is 10.5. The van der Waals surface area contributed by atoms with Gasteiger partial charge < -0.3 is 9.47 Å². The Balaban J connectivity index is 1.94. The van der Waals surface area contributed by atoms with E-state index in [9.17, 15) is 9.59 Å². The third-order valence-electron chi connectivity index (χ3n) is 3.81. The minimum atomic E-state index is -0.336. The zero-order chi connectivity index (χ0) is 18.0. The molecule has 2 aromatic rings. The van der Waals surface area contributed by atoms with Crippen LogP contribution in [0.4, 0.5) is 10.5 Å². The van der Waals surface area contributed by atoms with E-state index in [4.69, 9.17) is 9.47 Å². The Bertz CT molecular complexity index is 858. The molecular weight excluding hydrogens is 338 g/mol. The molecule has 1 fully saturated rings. The molecule has 1 aliphatic heterocycles. The first-order valence-corrected chi connectivity index (χ1v) is 8.42. The monoisotopic (exact) mass is 355 g/mol. The van der Waals surface area contributed by atoms with Crippen molar-refractivity contribution in [2.24, 2.45) is 0 Å². The normalized spacial score (nSPS) is 15.8. The highest BCUT2D eigenvalue weighted by atomic mass is 32.2. The molecule has 25 heavy (non-hydrogen) atoms. The number of carbonyl (C=O) groups excluding carboxylic acids is 2. The van der Waals surface area contributed by atoms with Gasteiger partial charge in [0.05, 0.1) is 24.8 Å². The minimum absolute atomic E-state index is 0.312. The van der Waals surface area contributed by atoms with Crippen LogP contribution in [-0.4, -0.2) is 25.4 Å². The summed E-state index contributed by atoms with van der Waals surface area (Å²) in [4.78, 5) is 26.5. The van der Waals surface area contributed by atoms with Gasteiger partial charge in [0.25, 0.3) is 11.1 Å². The second-order valence-electron chi connectivity index (χ2n) is 5.46. The van der Waals surface area contributed by atoms with E-state index in [1.165, 1.54) is 4.90 Å².